The lowest BCUT2D eigenvalue weighted by Gasteiger charge is -2.25. The maximum Gasteiger partial charge on any atom is 0.0616 e. The van der Waals surface area contributed by atoms with Gasteiger partial charge in [0.1, 0.15) is 0 Å². The van der Waals surface area contributed by atoms with E-state index in [1.807, 2.05) is 4.90 Å². The van der Waals surface area contributed by atoms with Crippen molar-refractivity contribution in [3.05, 3.63) is 22.2 Å². The molecule has 0 aliphatic heterocycles. The van der Waals surface area contributed by atoms with E-state index in [-0.39, 0.29) is 6.61 Å². The largest absolute Gasteiger partial charge is 0.397 e. The van der Waals surface area contributed by atoms with E-state index in [0.717, 1.165) is 25.1 Å². The van der Waals surface area contributed by atoms with Gasteiger partial charge in [-0.15, -0.1) is 0 Å². The highest BCUT2D eigenvalue weighted by atomic mass is 35.5. The Morgan fingerprint density at radius 3 is 2.47 bits per heavy atom. The van der Waals surface area contributed by atoms with E-state index in [1.54, 1.807) is 12.1 Å². The summed E-state index contributed by atoms with van der Waals surface area (Å²) in [4.78, 5) is 2.03. The van der Waals surface area contributed by atoms with Crippen LogP contribution in [-0.2, 0) is 0 Å². The first-order valence-electron chi connectivity index (χ1n) is 5.70. The molecule has 0 bridgehead atoms. The number of aliphatic hydroxyl groups excluding tert-OH is 1. The number of anilines is 2. The van der Waals surface area contributed by atoms with Crippen molar-refractivity contribution in [2.24, 2.45) is 0 Å². The summed E-state index contributed by atoms with van der Waals surface area (Å²) in [5.74, 6) is 0. The summed E-state index contributed by atoms with van der Waals surface area (Å²) in [7, 11) is 0. The van der Waals surface area contributed by atoms with Gasteiger partial charge in [0.2, 0.25) is 0 Å². The van der Waals surface area contributed by atoms with Crippen LogP contribution in [0, 0.1) is 0 Å². The number of unbranched alkanes of at least 4 members (excludes halogenated alkanes) is 1. The highest BCUT2D eigenvalue weighted by Crippen LogP contribution is 2.33. The van der Waals surface area contributed by atoms with Gasteiger partial charge in [0.25, 0.3) is 0 Å². The van der Waals surface area contributed by atoms with Gasteiger partial charge in [-0.1, -0.05) is 36.5 Å². The summed E-state index contributed by atoms with van der Waals surface area (Å²) >= 11 is 11.9. The van der Waals surface area contributed by atoms with Crippen LogP contribution in [-0.4, -0.2) is 24.8 Å². The molecule has 5 heteroatoms. The number of nitrogens with zero attached hydrogens (tertiary/aromatic N) is 1. The molecule has 1 aromatic carbocycles. The van der Waals surface area contributed by atoms with Crippen LogP contribution in [0.1, 0.15) is 19.8 Å². The minimum atomic E-state index is 0.0867. The van der Waals surface area contributed by atoms with E-state index in [2.05, 4.69) is 6.92 Å². The number of hydrogen-bond acceptors (Lipinski definition) is 3. The number of rotatable bonds is 6. The Hall–Kier alpha value is -0.640. The van der Waals surface area contributed by atoms with Crippen molar-refractivity contribution in [2.45, 2.75) is 19.8 Å². The Morgan fingerprint density at radius 2 is 1.88 bits per heavy atom. The fourth-order valence-corrected chi connectivity index (χ4v) is 1.98. The number of nitrogens with two attached hydrogens (primary N) is 1. The summed E-state index contributed by atoms with van der Waals surface area (Å²) in [6, 6.07) is 3.40. The maximum absolute atomic E-state index is 9.07. The molecule has 17 heavy (non-hydrogen) atoms. The molecular weight excluding hydrogens is 259 g/mol. The summed E-state index contributed by atoms with van der Waals surface area (Å²) in [6.45, 7) is 3.60. The molecule has 0 fully saturated rings. The third-order valence-corrected chi connectivity index (χ3v) is 3.28. The van der Waals surface area contributed by atoms with Gasteiger partial charge in [-0.2, -0.15) is 0 Å². The Morgan fingerprint density at radius 1 is 1.24 bits per heavy atom. The molecule has 0 saturated heterocycles. The number of nitrogen functional groups attached to an aromatic ring is 1. The van der Waals surface area contributed by atoms with Crippen molar-refractivity contribution < 1.29 is 5.11 Å². The van der Waals surface area contributed by atoms with Gasteiger partial charge in [0, 0.05) is 13.1 Å². The van der Waals surface area contributed by atoms with E-state index in [9.17, 15) is 0 Å². The highest BCUT2D eigenvalue weighted by molar-refractivity contribution is 6.42. The van der Waals surface area contributed by atoms with Gasteiger partial charge in [0.15, 0.2) is 0 Å². The second-order valence-corrected chi connectivity index (χ2v) is 4.70. The zero-order chi connectivity index (χ0) is 12.8. The second kappa shape index (κ2) is 6.94. The van der Waals surface area contributed by atoms with E-state index >= 15 is 0 Å². The maximum atomic E-state index is 9.07. The molecule has 1 aromatic rings. The van der Waals surface area contributed by atoms with Crippen LogP contribution >= 0.6 is 23.2 Å². The Kier molecular flexibility index (Phi) is 5.89. The molecule has 0 aliphatic carbocycles. The van der Waals surface area contributed by atoms with Gasteiger partial charge >= 0.3 is 0 Å². The quantitative estimate of drug-likeness (QED) is 0.785. The molecule has 0 aromatic heterocycles. The normalized spacial score (nSPS) is 10.6. The van der Waals surface area contributed by atoms with Crippen molar-refractivity contribution in [3.63, 3.8) is 0 Å². The Balaban J connectivity index is 2.96. The van der Waals surface area contributed by atoms with Crippen LogP contribution < -0.4 is 10.6 Å². The first kappa shape index (κ1) is 14.4. The fraction of sp³-hybridized carbons (Fsp3) is 0.500. The molecule has 0 unspecified atom stereocenters. The van der Waals surface area contributed by atoms with Gasteiger partial charge in [0.05, 0.1) is 28.0 Å². The molecule has 0 aliphatic rings. The summed E-state index contributed by atoms with van der Waals surface area (Å²) in [5, 5.41) is 10.0. The van der Waals surface area contributed by atoms with Crippen LogP contribution in [0.15, 0.2) is 12.1 Å². The van der Waals surface area contributed by atoms with Crippen LogP contribution in [0.4, 0.5) is 11.4 Å². The smallest absolute Gasteiger partial charge is 0.0616 e. The summed E-state index contributed by atoms with van der Waals surface area (Å²) in [5.41, 5.74) is 7.35. The third kappa shape index (κ3) is 3.95. The van der Waals surface area contributed by atoms with Crippen molar-refractivity contribution in [1.29, 1.82) is 0 Å². The van der Waals surface area contributed by atoms with Crippen LogP contribution in [0.5, 0.6) is 0 Å². The molecule has 3 N–H and O–H groups in total. The molecule has 0 heterocycles. The van der Waals surface area contributed by atoms with Crippen molar-refractivity contribution in [1.82, 2.24) is 0 Å². The first-order chi connectivity index (χ1) is 8.10. The molecule has 0 saturated carbocycles. The van der Waals surface area contributed by atoms with E-state index in [0.29, 0.717) is 22.3 Å². The average molecular weight is 277 g/mol. The number of aliphatic hydroxyl groups is 1. The molecule has 0 atom stereocenters. The predicted octanol–water partition coefficient (Wildman–Crippen LogP) is 3.17. The van der Waals surface area contributed by atoms with Crippen LogP contribution in [0.25, 0.3) is 0 Å². The minimum Gasteiger partial charge on any atom is -0.397 e. The first-order valence-corrected chi connectivity index (χ1v) is 6.46. The molecule has 0 amide bonds. The third-order valence-electron chi connectivity index (χ3n) is 2.56. The molecule has 3 nitrogen and oxygen atoms in total. The second-order valence-electron chi connectivity index (χ2n) is 3.89. The van der Waals surface area contributed by atoms with E-state index < -0.39 is 0 Å². The topological polar surface area (TPSA) is 49.5 Å². The fourth-order valence-electron chi connectivity index (χ4n) is 1.65. The number of benzene rings is 1. The standard InChI is InChI=1S/C12H18Cl2N2O/c1-2-3-4-16(5-6-17)12-8-10(14)9(13)7-11(12)15/h7-8,17H,2-6,15H2,1H3. The molecule has 0 radical (unpaired) electrons. The number of hydrogen-bond donors (Lipinski definition) is 2. The van der Waals surface area contributed by atoms with Gasteiger partial charge in [-0.25, -0.2) is 0 Å². The van der Waals surface area contributed by atoms with Gasteiger partial charge < -0.3 is 15.7 Å². The van der Waals surface area contributed by atoms with Crippen LogP contribution in [0.3, 0.4) is 0 Å². The lowest BCUT2D eigenvalue weighted by Crippen LogP contribution is -2.28. The van der Waals surface area contributed by atoms with Gasteiger partial charge in [-0.05, 0) is 18.6 Å². The SMILES string of the molecule is CCCCN(CCO)c1cc(Cl)c(Cl)cc1N. The number of halogens is 2. The summed E-state index contributed by atoms with van der Waals surface area (Å²) in [6.07, 6.45) is 2.13. The Labute approximate surface area is 112 Å². The molecule has 0 spiro atoms. The van der Waals surface area contributed by atoms with E-state index in [4.69, 9.17) is 34.0 Å². The summed E-state index contributed by atoms with van der Waals surface area (Å²) < 4.78 is 0. The zero-order valence-electron chi connectivity index (χ0n) is 9.92. The minimum absolute atomic E-state index is 0.0867. The van der Waals surface area contributed by atoms with Gasteiger partial charge in [-0.3, -0.25) is 0 Å². The molecule has 96 valence electrons. The predicted molar refractivity (Wildman–Crippen MR) is 75.1 cm³/mol. The lowest BCUT2D eigenvalue weighted by atomic mass is 10.2. The lowest BCUT2D eigenvalue weighted by molar-refractivity contribution is 0.301. The Bertz CT molecular complexity index is 372. The molecular formula is C12H18Cl2N2O. The monoisotopic (exact) mass is 276 g/mol. The van der Waals surface area contributed by atoms with Crippen molar-refractivity contribution in [2.75, 3.05) is 30.3 Å². The highest BCUT2D eigenvalue weighted by Gasteiger charge is 2.11. The average Bonchev–Trinajstić information content (AvgIpc) is 2.29. The molecule has 1 rings (SSSR count). The van der Waals surface area contributed by atoms with E-state index in [1.165, 1.54) is 0 Å². The van der Waals surface area contributed by atoms with Crippen molar-refractivity contribution >= 4 is 34.6 Å². The van der Waals surface area contributed by atoms with Crippen molar-refractivity contribution in [3.8, 4) is 0 Å². The zero-order valence-corrected chi connectivity index (χ0v) is 11.4. The van der Waals surface area contributed by atoms with Crippen LogP contribution in [0.2, 0.25) is 10.0 Å².